The zero-order valence-corrected chi connectivity index (χ0v) is 15.8. The number of hydrogen-bond donors (Lipinski definition) is 2. The SMILES string of the molecule is COc1cccc(NC(=O)C[NH+](C)CC(=O)N2CCCc3ccccc32)c1. The Hall–Kier alpha value is -2.86. The zero-order valence-electron chi connectivity index (χ0n) is 15.8. The maximum atomic E-state index is 12.8. The van der Waals surface area contributed by atoms with E-state index in [0.717, 1.165) is 30.0 Å². The maximum Gasteiger partial charge on any atom is 0.282 e. The minimum absolute atomic E-state index is 0.0498. The zero-order chi connectivity index (χ0) is 19.2. The van der Waals surface area contributed by atoms with E-state index in [1.54, 1.807) is 13.2 Å². The van der Waals surface area contributed by atoms with Crippen molar-refractivity contribution in [3.05, 3.63) is 54.1 Å². The monoisotopic (exact) mass is 368 g/mol. The first-order chi connectivity index (χ1) is 13.1. The molecule has 6 nitrogen and oxygen atoms in total. The van der Waals surface area contributed by atoms with Crippen LogP contribution < -0.4 is 19.9 Å². The van der Waals surface area contributed by atoms with Crippen molar-refractivity contribution in [2.24, 2.45) is 0 Å². The maximum absolute atomic E-state index is 12.8. The molecule has 1 aliphatic heterocycles. The Bertz CT molecular complexity index is 822. The van der Waals surface area contributed by atoms with Gasteiger partial charge in [0.2, 0.25) is 0 Å². The summed E-state index contributed by atoms with van der Waals surface area (Å²) in [4.78, 5) is 27.7. The normalized spacial score (nSPS) is 14.2. The highest BCUT2D eigenvalue weighted by Crippen LogP contribution is 2.26. The van der Waals surface area contributed by atoms with Crippen molar-refractivity contribution in [1.29, 1.82) is 0 Å². The molecule has 0 radical (unpaired) electrons. The summed E-state index contributed by atoms with van der Waals surface area (Å²) in [6, 6.07) is 15.3. The molecular weight excluding hydrogens is 342 g/mol. The number of hydrogen-bond acceptors (Lipinski definition) is 3. The van der Waals surface area contributed by atoms with E-state index in [9.17, 15) is 9.59 Å². The molecule has 142 valence electrons. The molecule has 2 N–H and O–H groups in total. The summed E-state index contributed by atoms with van der Waals surface area (Å²) in [5.41, 5.74) is 2.90. The number of nitrogens with one attached hydrogen (secondary N) is 2. The Morgan fingerprint density at radius 2 is 1.96 bits per heavy atom. The van der Waals surface area contributed by atoms with Gasteiger partial charge in [-0.1, -0.05) is 24.3 Å². The molecule has 1 atom stereocenters. The van der Waals surface area contributed by atoms with E-state index in [0.29, 0.717) is 11.4 Å². The van der Waals surface area contributed by atoms with E-state index in [2.05, 4.69) is 11.4 Å². The van der Waals surface area contributed by atoms with Gasteiger partial charge in [-0.2, -0.15) is 0 Å². The van der Waals surface area contributed by atoms with Crippen molar-refractivity contribution in [2.45, 2.75) is 12.8 Å². The number of quaternary nitrogens is 1. The van der Waals surface area contributed by atoms with Crippen molar-refractivity contribution in [3.8, 4) is 5.75 Å². The van der Waals surface area contributed by atoms with E-state index < -0.39 is 0 Å². The summed E-state index contributed by atoms with van der Waals surface area (Å²) in [5, 5.41) is 2.85. The minimum Gasteiger partial charge on any atom is -0.497 e. The molecule has 1 unspecified atom stereocenters. The van der Waals surface area contributed by atoms with Crippen LogP contribution in [0, 0.1) is 0 Å². The fourth-order valence-corrected chi connectivity index (χ4v) is 3.39. The number of likely N-dealkylation sites (N-methyl/N-ethyl adjacent to an activating group) is 1. The van der Waals surface area contributed by atoms with Crippen LogP contribution in [0.4, 0.5) is 11.4 Å². The third-order valence-electron chi connectivity index (χ3n) is 4.68. The lowest BCUT2D eigenvalue weighted by atomic mass is 10.0. The number of fused-ring (bicyclic) bond motifs is 1. The van der Waals surface area contributed by atoms with Crippen LogP contribution in [0.5, 0.6) is 5.75 Å². The molecule has 0 aromatic heterocycles. The van der Waals surface area contributed by atoms with Gasteiger partial charge in [0.1, 0.15) is 5.75 Å². The van der Waals surface area contributed by atoms with Gasteiger partial charge in [-0.05, 0) is 36.6 Å². The van der Waals surface area contributed by atoms with Gasteiger partial charge >= 0.3 is 0 Å². The van der Waals surface area contributed by atoms with E-state index >= 15 is 0 Å². The highest BCUT2D eigenvalue weighted by Gasteiger charge is 2.25. The Labute approximate surface area is 159 Å². The molecule has 0 bridgehead atoms. The number of ether oxygens (including phenoxy) is 1. The van der Waals surface area contributed by atoms with E-state index in [4.69, 9.17) is 4.74 Å². The average Bonchev–Trinajstić information content (AvgIpc) is 2.67. The molecule has 6 heteroatoms. The van der Waals surface area contributed by atoms with Gasteiger partial charge < -0.3 is 19.9 Å². The number of carbonyl (C=O) groups excluding carboxylic acids is 2. The third-order valence-corrected chi connectivity index (χ3v) is 4.68. The Morgan fingerprint density at radius 1 is 1.15 bits per heavy atom. The molecule has 0 saturated carbocycles. The predicted octanol–water partition coefficient (Wildman–Crippen LogP) is 1.13. The van der Waals surface area contributed by atoms with Crippen LogP contribution in [-0.4, -0.2) is 45.6 Å². The molecule has 0 spiro atoms. The van der Waals surface area contributed by atoms with Crippen LogP contribution in [0.2, 0.25) is 0 Å². The van der Waals surface area contributed by atoms with Gasteiger partial charge in [0.05, 0.1) is 14.2 Å². The van der Waals surface area contributed by atoms with Crippen LogP contribution in [-0.2, 0) is 16.0 Å². The minimum atomic E-state index is -0.132. The number of rotatable bonds is 6. The van der Waals surface area contributed by atoms with Crippen molar-refractivity contribution in [1.82, 2.24) is 0 Å². The van der Waals surface area contributed by atoms with Crippen molar-refractivity contribution < 1.29 is 19.2 Å². The van der Waals surface area contributed by atoms with E-state index in [1.807, 2.05) is 48.3 Å². The molecule has 2 aromatic carbocycles. The predicted molar refractivity (Wildman–Crippen MR) is 105 cm³/mol. The molecule has 0 saturated heterocycles. The van der Waals surface area contributed by atoms with Gasteiger partial charge in [-0.15, -0.1) is 0 Å². The molecule has 2 aromatic rings. The Morgan fingerprint density at radius 3 is 2.78 bits per heavy atom. The van der Waals surface area contributed by atoms with Crippen LogP contribution in [0.15, 0.2) is 48.5 Å². The standard InChI is InChI=1S/C21H25N3O3/c1-23(14-20(25)22-17-9-5-10-18(13-17)27-2)15-21(26)24-12-6-8-16-7-3-4-11-19(16)24/h3-5,7,9-11,13H,6,8,12,14-15H2,1-2H3,(H,22,25)/p+1. The second-order valence-electron chi connectivity index (χ2n) is 6.87. The van der Waals surface area contributed by atoms with Crippen LogP contribution in [0.25, 0.3) is 0 Å². The topological polar surface area (TPSA) is 63.1 Å². The van der Waals surface area contributed by atoms with Gasteiger partial charge in [-0.25, -0.2) is 0 Å². The number of benzene rings is 2. The number of anilines is 2. The summed E-state index contributed by atoms with van der Waals surface area (Å²) in [7, 11) is 3.45. The number of amides is 2. The van der Waals surface area contributed by atoms with Crippen molar-refractivity contribution >= 4 is 23.2 Å². The number of carbonyl (C=O) groups is 2. The summed E-state index contributed by atoms with van der Waals surface area (Å²) < 4.78 is 5.16. The average molecular weight is 368 g/mol. The summed E-state index contributed by atoms with van der Waals surface area (Å²) in [6.07, 6.45) is 1.98. The van der Waals surface area contributed by atoms with Gasteiger partial charge in [0.15, 0.2) is 13.1 Å². The van der Waals surface area contributed by atoms with Gasteiger partial charge in [-0.3, -0.25) is 9.59 Å². The molecule has 27 heavy (non-hydrogen) atoms. The lowest BCUT2D eigenvalue weighted by molar-refractivity contribution is -0.862. The van der Waals surface area contributed by atoms with E-state index in [-0.39, 0.29) is 24.9 Å². The molecular formula is C21H26N3O3+. The first-order valence-corrected chi connectivity index (χ1v) is 9.20. The van der Waals surface area contributed by atoms with Crippen LogP contribution >= 0.6 is 0 Å². The van der Waals surface area contributed by atoms with Crippen molar-refractivity contribution in [3.63, 3.8) is 0 Å². The first kappa shape index (κ1) is 18.9. The lowest BCUT2D eigenvalue weighted by Gasteiger charge is -2.29. The van der Waals surface area contributed by atoms with Crippen molar-refractivity contribution in [2.75, 3.05) is 44.0 Å². The molecule has 3 rings (SSSR count). The molecule has 0 aliphatic carbocycles. The Kier molecular flexibility index (Phi) is 6.08. The highest BCUT2D eigenvalue weighted by molar-refractivity contribution is 5.95. The third kappa shape index (κ3) is 4.86. The first-order valence-electron chi connectivity index (χ1n) is 9.20. The quantitative estimate of drug-likeness (QED) is 0.803. The number of methoxy groups -OCH3 is 1. The number of nitrogens with zero attached hydrogens (tertiary/aromatic N) is 1. The fourth-order valence-electron chi connectivity index (χ4n) is 3.39. The summed E-state index contributed by atoms with van der Waals surface area (Å²) >= 11 is 0. The summed E-state index contributed by atoms with van der Waals surface area (Å²) in [5.74, 6) is 0.605. The molecule has 0 fully saturated rings. The Balaban J connectivity index is 1.55. The molecule has 1 aliphatic rings. The highest BCUT2D eigenvalue weighted by atomic mass is 16.5. The largest absolute Gasteiger partial charge is 0.497 e. The summed E-state index contributed by atoms with van der Waals surface area (Å²) in [6.45, 7) is 1.23. The molecule has 1 heterocycles. The van der Waals surface area contributed by atoms with Crippen LogP contribution in [0.3, 0.4) is 0 Å². The van der Waals surface area contributed by atoms with E-state index in [1.165, 1.54) is 5.56 Å². The smallest absolute Gasteiger partial charge is 0.282 e. The number of aryl methyl sites for hydroxylation is 1. The molecule has 2 amide bonds. The second kappa shape index (κ2) is 8.68. The van der Waals surface area contributed by atoms with Crippen LogP contribution in [0.1, 0.15) is 12.0 Å². The van der Waals surface area contributed by atoms with Gasteiger partial charge in [0.25, 0.3) is 11.8 Å². The lowest BCUT2D eigenvalue weighted by Crippen LogP contribution is -3.11. The number of para-hydroxylation sites is 1. The van der Waals surface area contributed by atoms with Gasteiger partial charge in [0, 0.05) is 24.0 Å². The fraction of sp³-hybridized carbons (Fsp3) is 0.333. The second-order valence-corrected chi connectivity index (χ2v) is 6.87.